The molecule has 3 rings (SSSR count). The monoisotopic (exact) mass is 300 g/mol. The quantitative estimate of drug-likeness (QED) is 0.719. The average molecular weight is 300 g/mol. The Labute approximate surface area is 125 Å². The van der Waals surface area contributed by atoms with Crippen molar-refractivity contribution in [1.82, 2.24) is 19.1 Å². The summed E-state index contributed by atoms with van der Waals surface area (Å²) in [5.41, 5.74) is 0.345. The van der Waals surface area contributed by atoms with E-state index < -0.39 is 11.2 Å². The van der Waals surface area contributed by atoms with Gasteiger partial charge >= 0.3 is 5.69 Å². The molecule has 0 radical (unpaired) electrons. The van der Waals surface area contributed by atoms with Gasteiger partial charge in [0.25, 0.3) is 5.56 Å². The van der Waals surface area contributed by atoms with Crippen LogP contribution < -0.4 is 11.2 Å². The van der Waals surface area contributed by atoms with E-state index in [0.717, 1.165) is 11.0 Å². The molecule has 0 aliphatic rings. The zero-order valence-electron chi connectivity index (χ0n) is 12.2. The Morgan fingerprint density at radius 1 is 1.23 bits per heavy atom. The largest absolute Gasteiger partial charge is 0.360 e. The molecule has 0 unspecified atom stereocenters. The topological polar surface area (TPSA) is 81.9 Å². The number of nitrogens with one attached hydrogen (secondary N) is 1. The number of para-hydroxylation sites is 1. The van der Waals surface area contributed by atoms with Crippen LogP contribution in [0.5, 0.6) is 0 Å². The van der Waals surface area contributed by atoms with Gasteiger partial charge in [-0.3, -0.25) is 4.79 Å². The minimum atomic E-state index is -0.466. The minimum Gasteiger partial charge on any atom is -0.360 e. The van der Waals surface area contributed by atoms with Gasteiger partial charge in [0.15, 0.2) is 5.65 Å². The van der Waals surface area contributed by atoms with Gasteiger partial charge in [0.05, 0.1) is 12.0 Å². The molecule has 2 heterocycles. The molecule has 0 saturated heterocycles. The summed E-state index contributed by atoms with van der Waals surface area (Å²) in [5, 5.41) is 0. The zero-order chi connectivity index (χ0) is 15.5. The second-order valence-electron chi connectivity index (χ2n) is 4.83. The summed E-state index contributed by atoms with van der Waals surface area (Å²) < 4.78 is 7.84. The number of hydrogen-bond acceptors (Lipinski definition) is 4. The van der Waals surface area contributed by atoms with Crippen molar-refractivity contribution in [1.29, 1.82) is 0 Å². The fourth-order valence-electron chi connectivity index (χ4n) is 2.27. The summed E-state index contributed by atoms with van der Waals surface area (Å²) in [5.74, 6) is 0. The highest BCUT2D eigenvalue weighted by molar-refractivity contribution is 5.71. The van der Waals surface area contributed by atoms with E-state index in [2.05, 4.69) is 9.97 Å². The van der Waals surface area contributed by atoms with Gasteiger partial charge in [0, 0.05) is 6.61 Å². The van der Waals surface area contributed by atoms with Crippen LogP contribution in [0.4, 0.5) is 0 Å². The SMILES string of the molecule is CCCOCn1c(=O)c2[nH]cnc2n(-c2ccccc2)c1=O. The molecule has 0 atom stereocenters. The smallest absolute Gasteiger partial charge is 0.339 e. The number of hydrogen-bond donors (Lipinski definition) is 1. The molecule has 0 fully saturated rings. The van der Waals surface area contributed by atoms with Gasteiger partial charge in [-0.25, -0.2) is 18.9 Å². The van der Waals surface area contributed by atoms with Crippen LogP contribution in [0.15, 0.2) is 46.2 Å². The third kappa shape index (κ3) is 2.35. The predicted octanol–water partition coefficient (Wildman–Crippen LogP) is 1.26. The summed E-state index contributed by atoms with van der Waals surface area (Å²) in [6, 6.07) is 9.08. The number of imidazole rings is 1. The van der Waals surface area contributed by atoms with E-state index in [1.807, 2.05) is 25.1 Å². The van der Waals surface area contributed by atoms with Crippen LogP contribution in [0, 0.1) is 0 Å². The molecule has 0 amide bonds. The first-order valence-corrected chi connectivity index (χ1v) is 7.06. The molecule has 0 aliphatic heterocycles. The third-order valence-electron chi connectivity index (χ3n) is 3.30. The summed E-state index contributed by atoms with van der Waals surface area (Å²) in [4.78, 5) is 32.0. The van der Waals surface area contributed by atoms with Gasteiger partial charge < -0.3 is 9.72 Å². The fourth-order valence-corrected chi connectivity index (χ4v) is 2.27. The Bertz CT molecular complexity index is 893. The van der Waals surface area contributed by atoms with E-state index in [4.69, 9.17) is 4.74 Å². The highest BCUT2D eigenvalue weighted by atomic mass is 16.5. The van der Waals surface area contributed by atoms with Crippen molar-refractivity contribution in [3.8, 4) is 5.69 Å². The Kier molecular flexibility index (Phi) is 3.88. The van der Waals surface area contributed by atoms with Gasteiger partial charge in [-0.1, -0.05) is 25.1 Å². The van der Waals surface area contributed by atoms with Crippen molar-refractivity contribution in [2.24, 2.45) is 0 Å². The lowest BCUT2D eigenvalue weighted by Crippen LogP contribution is -2.40. The number of aromatic amines is 1. The molecule has 0 aliphatic carbocycles. The second-order valence-corrected chi connectivity index (χ2v) is 4.83. The maximum absolute atomic E-state index is 12.7. The van der Waals surface area contributed by atoms with Crippen molar-refractivity contribution >= 4 is 11.2 Å². The van der Waals surface area contributed by atoms with E-state index in [9.17, 15) is 9.59 Å². The molecule has 0 saturated carbocycles. The first kappa shape index (κ1) is 14.3. The van der Waals surface area contributed by atoms with Gasteiger partial charge in [-0.2, -0.15) is 0 Å². The van der Waals surface area contributed by atoms with Crippen molar-refractivity contribution in [2.75, 3.05) is 6.61 Å². The molecule has 22 heavy (non-hydrogen) atoms. The molecular formula is C15H16N4O3. The number of H-pyrrole nitrogens is 1. The van der Waals surface area contributed by atoms with Crippen LogP contribution in [0.3, 0.4) is 0 Å². The highest BCUT2D eigenvalue weighted by Gasteiger charge is 2.16. The lowest BCUT2D eigenvalue weighted by molar-refractivity contribution is 0.0721. The Morgan fingerprint density at radius 3 is 2.73 bits per heavy atom. The number of aromatic nitrogens is 4. The van der Waals surface area contributed by atoms with E-state index >= 15 is 0 Å². The van der Waals surface area contributed by atoms with Crippen LogP contribution in [0.2, 0.25) is 0 Å². The number of benzene rings is 1. The number of fused-ring (bicyclic) bond motifs is 1. The second kappa shape index (κ2) is 5.98. The van der Waals surface area contributed by atoms with Gasteiger partial charge in [-0.15, -0.1) is 0 Å². The first-order valence-electron chi connectivity index (χ1n) is 7.06. The molecule has 7 heteroatoms. The molecule has 2 aromatic heterocycles. The summed E-state index contributed by atoms with van der Waals surface area (Å²) in [6.07, 6.45) is 2.22. The number of rotatable bonds is 5. The molecule has 0 bridgehead atoms. The normalized spacial score (nSPS) is 11.1. The Hall–Kier alpha value is -2.67. The van der Waals surface area contributed by atoms with Crippen molar-refractivity contribution in [3.05, 3.63) is 57.5 Å². The average Bonchev–Trinajstić information content (AvgIpc) is 3.01. The summed E-state index contributed by atoms with van der Waals surface area (Å²) in [7, 11) is 0. The number of nitrogens with zero attached hydrogens (tertiary/aromatic N) is 3. The Morgan fingerprint density at radius 2 is 2.00 bits per heavy atom. The lowest BCUT2D eigenvalue weighted by Gasteiger charge is -2.11. The molecule has 1 aromatic carbocycles. The summed E-state index contributed by atoms with van der Waals surface area (Å²) >= 11 is 0. The highest BCUT2D eigenvalue weighted by Crippen LogP contribution is 2.10. The van der Waals surface area contributed by atoms with E-state index in [0.29, 0.717) is 17.9 Å². The zero-order valence-corrected chi connectivity index (χ0v) is 12.2. The first-order chi connectivity index (χ1) is 10.7. The fraction of sp³-hybridized carbons (Fsp3) is 0.267. The predicted molar refractivity (Wildman–Crippen MR) is 82.2 cm³/mol. The molecule has 114 valence electrons. The molecule has 1 N–H and O–H groups in total. The van der Waals surface area contributed by atoms with Crippen molar-refractivity contribution < 1.29 is 4.74 Å². The van der Waals surface area contributed by atoms with Crippen LogP contribution >= 0.6 is 0 Å². The maximum Gasteiger partial charge on any atom is 0.339 e. The van der Waals surface area contributed by atoms with E-state index in [1.54, 1.807) is 12.1 Å². The van der Waals surface area contributed by atoms with Crippen LogP contribution in [-0.4, -0.2) is 25.7 Å². The molecule has 7 nitrogen and oxygen atoms in total. The van der Waals surface area contributed by atoms with Crippen molar-refractivity contribution in [2.45, 2.75) is 20.1 Å². The molecule has 0 spiro atoms. The van der Waals surface area contributed by atoms with Gasteiger partial charge in [-0.05, 0) is 18.6 Å². The van der Waals surface area contributed by atoms with Gasteiger partial charge in [0.2, 0.25) is 0 Å². The standard InChI is InChI=1S/C15H16N4O3/c1-2-8-22-10-18-14(20)12-13(17-9-16-12)19(15(18)21)11-6-4-3-5-7-11/h3-7,9H,2,8,10H2,1H3,(H,16,17). The molecule has 3 aromatic rings. The van der Waals surface area contributed by atoms with Crippen LogP contribution in [0.1, 0.15) is 13.3 Å². The number of ether oxygens (including phenoxy) is 1. The lowest BCUT2D eigenvalue weighted by atomic mass is 10.3. The molecular weight excluding hydrogens is 284 g/mol. The van der Waals surface area contributed by atoms with Crippen molar-refractivity contribution in [3.63, 3.8) is 0 Å². The van der Waals surface area contributed by atoms with E-state index in [1.165, 1.54) is 10.9 Å². The minimum absolute atomic E-state index is 0.0761. The van der Waals surface area contributed by atoms with Crippen LogP contribution in [0.25, 0.3) is 16.9 Å². The third-order valence-corrected chi connectivity index (χ3v) is 3.30. The van der Waals surface area contributed by atoms with Crippen LogP contribution in [-0.2, 0) is 11.5 Å². The Balaban J connectivity index is 2.25. The van der Waals surface area contributed by atoms with E-state index in [-0.39, 0.29) is 12.2 Å². The summed E-state index contributed by atoms with van der Waals surface area (Å²) in [6.45, 7) is 2.37. The maximum atomic E-state index is 12.7. The van der Waals surface area contributed by atoms with Gasteiger partial charge in [0.1, 0.15) is 12.2 Å².